The van der Waals surface area contributed by atoms with Gasteiger partial charge < -0.3 is 10.5 Å². The molecule has 0 saturated heterocycles. The van der Waals surface area contributed by atoms with Crippen LogP contribution in [0.1, 0.15) is 11.1 Å². The summed E-state index contributed by atoms with van der Waals surface area (Å²) in [7, 11) is 0. The van der Waals surface area contributed by atoms with Gasteiger partial charge in [0.1, 0.15) is 5.75 Å². The molecule has 0 aliphatic rings. The molecule has 0 aliphatic heterocycles. The van der Waals surface area contributed by atoms with Gasteiger partial charge in [0.2, 0.25) is 0 Å². The molecule has 2 aromatic rings. The fraction of sp³-hybridized carbons (Fsp3) is 0.167. The molecule has 0 radical (unpaired) electrons. The van der Waals surface area contributed by atoms with Crippen molar-refractivity contribution in [3.63, 3.8) is 0 Å². The molecule has 4 nitrogen and oxygen atoms in total. The Bertz CT molecular complexity index is 514. The van der Waals surface area contributed by atoms with E-state index in [1.54, 1.807) is 0 Å². The Balaban J connectivity index is 2.25. The van der Waals surface area contributed by atoms with Crippen LogP contribution in [0.3, 0.4) is 0 Å². The van der Waals surface area contributed by atoms with Crippen molar-refractivity contribution >= 4 is 0 Å². The number of aryl methyl sites for hydroxylation is 1. The Morgan fingerprint density at radius 2 is 2.00 bits per heavy atom. The minimum absolute atomic E-state index is 0.115. The van der Waals surface area contributed by atoms with Gasteiger partial charge in [-0.05, 0) is 24.1 Å². The number of rotatable bonds is 3. The monoisotopic (exact) mass is 233 g/mol. The van der Waals surface area contributed by atoms with E-state index in [1.807, 2.05) is 25.1 Å². The van der Waals surface area contributed by atoms with E-state index >= 15 is 0 Å². The van der Waals surface area contributed by atoms with Gasteiger partial charge in [-0.15, -0.1) is 0 Å². The van der Waals surface area contributed by atoms with Crippen LogP contribution in [0.4, 0.5) is 4.39 Å². The zero-order valence-corrected chi connectivity index (χ0v) is 9.35. The van der Waals surface area contributed by atoms with Gasteiger partial charge in [0.15, 0.2) is 5.82 Å². The van der Waals surface area contributed by atoms with Crippen LogP contribution >= 0.6 is 0 Å². The van der Waals surface area contributed by atoms with Crippen molar-refractivity contribution in [3.8, 4) is 11.8 Å². The summed E-state index contributed by atoms with van der Waals surface area (Å²) >= 11 is 0. The molecule has 1 heterocycles. The minimum Gasteiger partial charge on any atom is -0.424 e. The molecular formula is C12H12FN3O. The number of nitrogens with zero attached hydrogens (tertiary/aromatic N) is 2. The van der Waals surface area contributed by atoms with Crippen LogP contribution in [-0.4, -0.2) is 9.97 Å². The second-order valence-corrected chi connectivity index (χ2v) is 3.59. The molecule has 2 N–H and O–H groups in total. The van der Waals surface area contributed by atoms with Gasteiger partial charge in [0, 0.05) is 6.54 Å². The van der Waals surface area contributed by atoms with Gasteiger partial charge in [0.05, 0.1) is 12.4 Å². The number of aromatic nitrogens is 2. The molecule has 17 heavy (non-hydrogen) atoms. The van der Waals surface area contributed by atoms with E-state index in [2.05, 4.69) is 9.97 Å². The molecule has 0 spiro atoms. The number of nitrogens with two attached hydrogens (primary N) is 1. The average Bonchev–Trinajstić information content (AvgIpc) is 2.35. The third-order valence-electron chi connectivity index (χ3n) is 2.29. The van der Waals surface area contributed by atoms with E-state index in [4.69, 9.17) is 10.5 Å². The predicted molar refractivity (Wildman–Crippen MR) is 61.1 cm³/mol. The highest BCUT2D eigenvalue weighted by atomic mass is 19.1. The van der Waals surface area contributed by atoms with Crippen molar-refractivity contribution in [1.82, 2.24) is 9.97 Å². The first-order valence-electron chi connectivity index (χ1n) is 5.14. The topological polar surface area (TPSA) is 61.0 Å². The first-order valence-corrected chi connectivity index (χ1v) is 5.14. The lowest BCUT2D eigenvalue weighted by atomic mass is 10.1. The quantitative estimate of drug-likeness (QED) is 0.882. The summed E-state index contributed by atoms with van der Waals surface area (Å²) in [4.78, 5) is 7.46. The Kier molecular flexibility index (Phi) is 3.30. The number of hydrogen-bond donors (Lipinski definition) is 1. The van der Waals surface area contributed by atoms with E-state index in [-0.39, 0.29) is 6.01 Å². The minimum atomic E-state index is -0.496. The fourth-order valence-electron chi connectivity index (χ4n) is 1.33. The SMILES string of the molecule is Cc1ccc(CN)cc1Oc1ncc(F)cn1. The molecular weight excluding hydrogens is 221 g/mol. The summed E-state index contributed by atoms with van der Waals surface area (Å²) in [5.74, 6) is 0.129. The third-order valence-corrected chi connectivity index (χ3v) is 2.29. The van der Waals surface area contributed by atoms with E-state index in [0.717, 1.165) is 23.5 Å². The lowest BCUT2D eigenvalue weighted by Crippen LogP contribution is -1.98. The average molecular weight is 233 g/mol. The van der Waals surface area contributed by atoms with Crippen LogP contribution in [-0.2, 0) is 6.54 Å². The molecule has 0 amide bonds. The van der Waals surface area contributed by atoms with Crippen LogP contribution in [0.15, 0.2) is 30.6 Å². The summed E-state index contributed by atoms with van der Waals surface area (Å²) in [6, 6.07) is 5.76. The van der Waals surface area contributed by atoms with Crippen molar-refractivity contribution in [2.75, 3.05) is 0 Å². The Hall–Kier alpha value is -2.01. The van der Waals surface area contributed by atoms with Crippen molar-refractivity contribution in [3.05, 3.63) is 47.5 Å². The zero-order chi connectivity index (χ0) is 12.3. The second-order valence-electron chi connectivity index (χ2n) is 3.59. The maximum atomic E-state index is 12.6. The van der Waals surface area contributed by atoms with Crippen molar-refractivity contribution in [2.45, 2.75) is 13.5 Å². The van der Waals surface area contributed by atoms with Gasteiger partial charge in [-0.2, -0.15) is 0 Å². The van der Waals surface area contributed by atoms with Crippen LogP contribution in [0, 0.1) is 12.7 Å². The lowest BCUT2D eigenvalue weighted by Gasteiger charge is -2.08. The molecule has 1 aromatic heterocycles. The number of hydrogen-bond acceptors (Lipinski definition) is 4. The number of halogens is 1. The van der Waals surface area contributed by atoms with Crippen molar-refractivity contribution in [2.24, 2.45) is 5.73 Å². The molecule has 0 aliphatic carbocycles. The zero-order valence-electron chi connectivity index (χ0n) is 9.35. The number of benzene rings is 1. The van der Waals surface area contributed by atoms with E-state index in [9.17, 15) is 4.39 Å². The highest BCUT2D eigenvalue weighted by Crippen LogP contribution is 2.23. The molecule has 0 saturated carbocycles. The first kappa shape index (κ1) is 11.5. The highest BCUT2D eigenvalue weighted by Gasteiger charge is 2.05. The Labute approximate surface area is 98.3 Å². The molecule has 88 valence electrons. The van der Waals surface area contributed by atoms with E-state index < -0.39 is 5.82 Å². The first-order chi connectivity index (χ1) is 8.19. The van der Waals surface area contributed by atoms with Crippen LogP contribution in [0.2, 0.25) is 0 Å². The normalized spacial score (nSPS) is 10.3. The summed E-state index contributed by atoms with van der Waals surface area (Å²) in [6.07, 6.45) is 2.12. The molecule has 0 unspecified atom stereocenters. The number of ether oxygens (including phenoxy) is 1. The van der Waals surface area contributed by atoms with Gasteiger partial charge in [-0.3, -0.25) is 0 Å². The van der Waals surface area contributed by atoms with Gasteiger partial charge in [-0.1, -0.05) is 12.1 Å². The lowest BCUT2D eigenvalue weighted by molar-refractivity contribution is 0.432. The predicted octanol–water partition coefficient (Wildman–Crippen LogP) is 2.18. The van der Waals surface area contributed by atoms with Gasteiger partial charge in [-0.25, -0.2) is 14.4 Å². The van der Waals surface area contributed by atoms with Crippen LogP contribution < -0.4 is 10.5 Å². The van der Waals surface area contributed by atoms with Crippen molar-refractivity contribution in [1.29, 1.82) is 0 Å². The molecule has 0 atom stereocenters. The van der Waals surface area contributed by atoms with Crippen LogP contribution in [0.25, 0.3) is 0 Å². The Morgan fingerprint density at radius 3 is 2.65 bits per heavy atom. The van der Waals surface area contributed by atoms with Crippen LogP contribution in [0.5, 0.6) is 11.8 Å². The maximum Gasteiger partial charge on any atom is 0.322 e. The summed E-state index contributed by atoms with van der Waals surface area (Å²) < 4.78 is 18.1. The highest BCUT2D eigenvalue weighted by molar-refractivity contribution is 5.37. The second kappa shape index (κ2) is 4.88. The summed E-state index contributed by atoms with van der Waals surface area (Å²) in [5.41, 5.74) is 7.44. The molecule has 0 fully saturated rings. The summed E-state index contributed by atoms with van der Waals surface area (Å²) in [5, 5.41) is 0. The van der Waals surface area contributed by atoms with Gasteiger partial charge in [0.25, 0.3) is 0 Å². The molecule has 0 bridgehead atoms. The third kappa shape index (κ3) is 2.76. The summed E-state index contributed by atoms with van der Waals surface area (Å²) in [6.45, 7) is 2.33. The van der Waals surface area contributed by atoms with E-state index in [1.165, 1.54) is 0 Å². The largest absolute Gasteiger partial charge is 0.424 e. The van der Waals surface area contributed by atoms with Gasteiger partial charge >= 0.3 is 6.01 Å². The molecule has 2 rings (SSSR count). The maximum absolute atomic E-state index is 12.6. The smallest absolute Gasteiger partial charge is 0.322 e. The molecule has 1 aromatic carbocycles. The fourth-order valence-corrected chi connectivity index (χ4v) is 1.33. The Morgan fingerprint density at radius 1 is 1.29 bits per heavy atom. The van der Waals surface area contributed by atoms with Crippen molar-refractivity contribution < 1.29 is 9.13 Å². The molecule has 5 heteroatoms. The standard InChI is InChI=1S/C12H12FN3O/c1-8-2-3-9(5-14)4-11(8)17-12-15-6-10(13)7-16-12/h2-4,6-7H,5,14H2,1H3. The van der Waals surface area contributed by atoms with E-state index in [0.29, 0.717) is 12.3 Å².